The van der Waals surface area contributed by atoms with Gasteiger partial charge >= 0.3 is 0 Å². The van der Waals surface area contributed by atoms with Crippen LogP contribution in [0.4, 0.5) is 0 Å². The lowest BCUT2D eigenvalue weighted by molar-refractivity contribution is 0.324. The van der Waals surface area contributed by atoms with Crippen LogP contribution >= 0.6 is 0 Å². The molecular formula is C20H21NO5. The lowest BCUT2D eigenvalue weighted by atomic mass is 9.95. The molecule has 0 spiro atoms. The van der Waals surface area contributed by atoms with Gasteiger partial charge in [-0.05, 0) is 29.8 Å². The Hall–Kier alpha value is -3.33. The van der Waals surface area contributed by atoms with Crippen molar-refractivity contribution in [2.24, 2.45) is 0 Å². The van der Waals surface area contributed by atoms with Gasteiger partial charge in [0.2, 0.25) is 5.75 Å². The molecule has 0 fully saturated rings. The van der Waals surface area contributed by atoms with E-state index in [0.29, 0.717) is 39.9 Å². The third-order valence-corrected chi connectivity index (χ3v) is 3.87. The smallest absolute Gasteiger partial charge is 0.203 e. The molecule has 0 aliphatic heterocycles. The summed E-state index contributed by atoms with van der Waals surface area (Å²) in [6.45, 7) is 0. The van der Waals surface area contributed by atoms with E-state index in [4.69, 9.17) is 23.7 Å². The van der Waals surface area contributed by atoms with E-state index < -0.39 is 0 Å². The zero-order chi connectivity index (χ0) is 19.1. The summed E-state index contributed by atoms with van der Waals surface area (Å²) in [7, 11) is 7.77. The van der Waals surface area contributed by atoms with Crippen molar-refractivity contribution in [3.63, 3.8) is 0 Å². The number of hydrogen-bond donors (Lipinski definition) is 0. The molecule has 26 heavy (non-hydrogen) atoms. The number of ether oxygens (including phenoxy) is 5. The van der Waals surface area contributed by atoms with Crippen LogP contribution in [0.25, 0.3) is 5.57 Å². The van der Waals surface area contributed by atoms with Gasteiger partial charge in [0.25, 0.3) is 0 Å². The van der Waals surface area contributed by atoms with Crippen molar-refractivity contribution < 1.29 is 23.7 Å². The predicted octanol–water partition coefficient (Wildman–Crippen LogP) is 3.68. The lowest BCUT2D eigenvalue weighted by Gasteiger charge is -2.18. The van der Waals surface area contributed by atoms with Gasteiger partial charge in [-0.15, -0.1) is 0 Å². The molecule has 0 bridgehead atoms. The Morgan fingerprint density at radius 3 is 1.88 bits per heavy atom. The highest BCUT2D eigenvalue weighted by atomic mass is 16.5. The summed E-state index contributed by atoms with van der Waals surface area (Å²) in [4.78, 5) is 0. The Morgan fingerprint density at radius 2 is 1.42 bits per heavy atom. The first-order valence-electron chi connectivity index (χ1n) is 7.76. The second kappa shape index (κ2) is 8.67. The molecule has 136 valence electrons. The van der Waals surface area contributed by atoms with Crippen molar-refractivity contribution in [3.05, 3.63) is 47.5 Å². The lowest BCUT2D eigenvalue weighted by Crippen LogP contribution is -2.00. The summed E-state index contributed by atoms with van der Waals surface area (Å²) < 4.78 is 27.0. The number of allylic oxidation sites excluding steroid dienone is 1. The molecule has 0 aromatic heterocycles. The average molecular weight is 355 g/mol. The average Bonchev–Trinajstić information content (AvgIpc) is 2.70. The topological polar surface area (TPSA) is 69.9 Å². The maximum atomic E-state index is 9.32. The highest BCUT2D eigenvalue weighted by molar-refractivity contribution is 5.87. The first kappa shape index (κ1) is 19.0. The molecule has 0 saturated carbocycles. The summed E-state index contributed by atoms with van der Waals surface area (Å²) in [6, 6.07) is 11.1. The minimum absolute atomic E-state index is 0.450. The van der Waals surface area contributed by atoms with E-state index in [2.05, 4.69) is 6.07 Å². The van der Waals surface area contributed by atoms with Crippen LogP contribution in [0.15, 0.2) is 36.4 Å². The SMILES string of the molecule is COc1cc(OC)cc(C(=CC#N)c2ccc(OC)c(OC)c2OC)c1. The van der Waals surface area contributed by atoms with E-state index in [1.54, 1.807) is 33.5 Å². The summed E-state index contributed by atoms with van der Waals surface area (Å²) in [5.74, 6) is 2.68. The molecule has 0 N–H and O–H groups in total. The molecule has 0 saturated heterocycles. The molecular weight excluding hydrogens is 334 g/mol. The minimum atomic E-state index is 0.450. The zero-order valence-electron chi connectivity index (χ0n) is 15.5. The van der Waals surface area contributed by atoms with Crippen LogP contribution in [0, 0.1) is 11.3 Å². The molecule has 6 heteroatoms. The largest absolute Gasteiger partial charge is 0.497 e. The second-order valence-corrected chi connectivity index (χ2v) is 5.17. The maximum Gasteiger partial charge on any atom is 0.203 e. The number of rotatable bonds is 7. The van der Waals surface area contributed by atoms with Crippen molar-refractivity contribution in [1.82, 2.24) is 0 Å². The molecule has 0 heterocycles. The maximum absolute atomic E-state index is 9.32. The fourth-order valence-corrected chi connectivity index (χ4v) is 2.66. The quantitative estimate of drug-likeness (QED) is 0.706. The zero-order valence-corrected chi connectivity index (χ0v) is 15.5. The van der Waals surface area contributed by atoms with Crippen LogP contribution in [0.2, 0.25) is 0 Å². The second-order valence-electron chi connectivity index (χ2n) is 5.17. The highest BCUT2D eigenvalue weighted by Crippen LogP contribution is 2.44. The molecule has 0 aliphatic rings. The molecule has 2 rings (SSSR count). The van der Waals surface area contributed by atoms with Crippen molar-refractivity contribution in [1.29, 1.82) is 5.26 Å². The van der Waals surface area contributed by atoms with Crippen LogP contribution < -0.4 is 23.7 Å². The van der Waals surface area contributed by atoms with E-state index in [9.17, 15) is 5.26 Å². The van der Waals surface area contributed by atoms with Crippen LogP contribution in [0.3, 0.4) is 0 Å². The summed E-state index contributed by atoms with van der Waals surface area (Å²) in [6.07, 6.45) is 1.44. The van der Waals surface area contributed by atoms with Gasteiger partial charge < -0.3 is 23.7 Å². The van der Waals surface area contributed by atoms with Crippen LogP contribution in [0.1, 0.15) is 11.1 Å². The van der Waals surface area contributed by atoms with Gasteiger partial charge in [0, 0.05) is 23.3 Å². The van der Waals surface area contributed by atoms with E-state index in [-0.39, 0.29) is 0 Å². The summed E-state index contributed by atoms with van der Waals surface area (Å²) in [5.41, 5.74) is 2.07. The Balaban J connectivity index is 2.74. The van der Waals surface area contributed by atoms with E-state index in [0.717, 1.165) is 5.56 Å². The Bertz CT molecular complexity index is 830. The molecule has 2 aromatic rings. The van der Waals surface area contributed by atoms with Crippen molar-refractivity contribution in [2.75, 3.05) is 35.5 Å². The Morgan fingerprint density at radius 1 is 0.808 bits per heavy atom. The van der Waals surface area contributed by atoms with Gasteiger partial charge in [-0.2, -0.15) is 5.26 Å². The molecule has 0 atom stereocenters. The normalized spacial score (nSPS) is 10.7. The van der Waals surface area contributed by atoms with Crippen molar-refractivity contribution in [3.8, 4) is 34.8 Å². The number of hydrogen-bond acceptors (Lipinski definition) is 6. The van der Waals surface area contributed by atoms with Crippen molar-refractivity contribution in [2.45, 2.75) is 0 Å². The van der Waals surface area contributed by atoms with Gasteiger partial charge in [-0.3, -0.25) is 0 Å². The van der Waals surface area contributed by atoms with Gasteiger partial charge in [0.05, 0.1) is 41.6 Å². The Labute approximate surface area is 153 Å². The van der Waals surface area contributed by atoms with Crippen molar-refractivity contribution >= 4 is 5.57 Å². The number of benzene rings is 2. The van der Waals surface area contributed by atoms with Crippen LogP contribution in [-0.4, -0.2) is 35.5 Å². The third-order valence-electron chi connectivity index (χ3n) is 3.87. The van der Waals surface area contributed by atoms with Gasteiger partial charge in [-0.1, -0.05) is 0 Å². The summed E-state index contributed by atoms with van der Waals surface area (Å²) in [5, 5.41) is 9.32. The first-order chi connectivity index (χ1) is 12.6. The first-order valence-corrected chi connectivity index (χ1v) is 7.76. The molecule has 0 amide bonds. The van der Waals surface area contributed by atoms with Crippen LogP contribution in [-0.2, 0) is 0 Å². The number of nitrogens with zero attached hydrogens (tertiary/aromatic N) is 1. The minimum Gasteiger partial charge on any atom is -0.497 e. The van der Waals surface area contributed by atoms with E-state index >= 15 is 0 Å². The standard InChI is InChI=1S/C20H21NO5/c1-22-14-10-13(11-15(12-14)23-2)16(8-9-21)17-6-7-18(24-3)20(26-5)19(17)25-4/h6-8,10-12H,1-5H3. The Kier molecular flexibility index (Phi) is 6.34. The summed E-state index contributed by atoms with van der Waals surface area (Å²) >= 11 is 0. The predicted molar refractivity (Wildman–Crippen MR) is 98.3 cm³/mol. The molecule has 0 radical (unpaired) electrons. The van der Waals surface area contributed by atoms with Gasteiger partial charge in [0.1, 0.15) is 11.5 Å². The monoisotopic (exact) mass is 355 g/mol. The highest BCUT2D eigenvalue weighted by Gasteiger charge is 2.20. The number of nitriles is 1. The van der Waals surface area contributed by atoms with E-state index in [1.165, 1.54) is 20.3 Å². The van der Waals surface area contributed by atoms with Gasteiger partial charge in [0.15, 0.2) is 11.5 Å². The van der Waals surface area contributed by atoms with Gasteiger partial charge in [-0.25, -0.2) is 0 Å². The molecule has 0 unspecified atom stereocenters. The molecule has 0 aliphatic carbocycles. The fraction of sp³-hybridized carbons (Fsp3) is 0.250. The van der Waals surface area contributed by atoms with Crippen LogP contribution in [0.5, 0.6) is 28.7 Å². The molecule has 6 nitrogen and oxygen atoms in total. The number of methoxy groups -OCH3 is 5. The van der Waals surface area contributed by atoms with E-state index in [1.807, 2.05) is 18.2 Å². The fourth-order valence-electron chi connectivity index (χ4n) is 2.66. The third kappa shape index (κ3) is 3.67. The molecule has 2 aromatic carbocycles.